The lowest BCUT2D eigenvalue weighted by Gasteiger charge is -2.34. The molecule has 1 saturated carbocycles. The molecule has 0 radical (unpaired) electrons. The van der Waals surface area contributed by atoms with Crippen LogP contribution in [-0.4, -0.2) is 56.1 Å². The number of ether oxygens (including phenoxy) is 1. The Morgan fingerprint density at radius 2 is 1.81 bits per heavy atom. The molecule has 1 aliphatic heterocycles. The van der Waals surface area contributed by atoms with Gasteiger partial charge < -0.3 is 20.3 Å². The average molecular weight is 373 g/mol. The first kappa shape index (κ1) is 19.5. The highest BCUT2D eigenvalue weighted by Gasteiger charge is 2.25. The topological polar surface area (TPSA) is 66.0 Å². The number of aliphatic imine (C=N–C) groups is 1. The van der Waals surface area contributed by atoms with E-state index in [9.17, 15) is 4.79 Å². The summed E-state index contributed by atoms with van der Waals surface area (Å²) in [5.74, 6) is 2.39. The number of para-hydroxylation sites is 1. The highest BCUT2D eigenvalue weighted by atomic mass is 16.5. The van der Waals surface area contributed by atoms with Gasteiger partial charge in [-0.05, 0) is 31.4 Å². The Morgan fingerprint density at radius 3 is 2.44 bits per heavy atom. The third-order valence-electron chi connectivity index (χ3n) is 5.41. The minimum atomic E-state index is 0.228. The summed E-state index contributed by atoms with van der Waals surface area (Å²) >= 11 is 0. The SMILES string of the molecule is CN=C(NCCCNC(=O)C1CCC1)N1CCC(Oc2ccccc2)CC1. The molecule has 0 aromatic heterocycles. The van der Waals surface area contributed by atoms with Crippen molar-refractivity contribution in [3.8, 4) is 5.75 Å². The highest BCUT2D eigenvalue weighted by Crippen LogP contribution is 2.26. The Kier molecular flexibility index (Phi) is 7.36. The molecule has 3 rings (SSSR count). The molecule has 0 bridgehead atoms. The van der Waals surface area contributed by atoms with E-state index in [1.54, 1.807) is 0 Å². The van der Waals surface area contributed by atoms with Crippen molar-refractivity contribution in [1.82, 2.24) is 15.5 Å². The van der Waals surface area contributed by atoms with Crippen molar-refractivity contribution in [2.45, 2.75) is 44.6 Å². The number of benzene rings is 1. The number of carbonyl (C=O) groups is 1. The Bertz CT molecular complexity index is 608. The maximum absolute atomic E-state index is 11.8. The lowest BCUT2D eigenvalue weighted by molar-refractivity contribution is -0.127. The summed E-state index contributed by atoms with van der Waals surface area (Å²) in [6.45, 7) is 3.43. The molecule has 1 aromatic carbocycles. The van der Waals surface area contributed by atoms with Gasteiger partial charge in [0.25, 0.3) is 0 Å². The van der Waals surface area contributed by atoms with Crippen LogP contribution in [0.5, 0.6) is 5.75 Å². The molecule has 0 unspecified atom stereocenters. The van der Waals surface area contributed by atoms with Crippen LogP contribution in [-0.2, 0) is 4.79 Å². The maximum atomic E-state index is 11.8. The number of guanidine groups is 1. The Balaban J connectivity index is 1.31. The molecule has 27 heavy (non-hydrogen) atoms. The van der Waals surface area contributed by atoms with E-state index in [0.29, 0.717) is 0 Å². The van der Waals surface area contributed by atoms with Crippen LogP contribution >= 0.6 is 0 Å². The van der Waals surface area contributed by atoms with Crippen LogP contribution in [0.25, 0.3) is 0 Å². The Labute approximate surface area is 162 Å². The molecule has 2 N–H and O–H groups in total. The van der Waals surface area contributed by atoms with Gasteiger partial charge in [-0.1, -0.05) is 24.6 Å². The molecule has 0 spiro atoms. The minimum Gasteiger partial charge on any atom is -0.490 e. The molecule has 1 saturated heterocycles. The summed E-state index contributed by atoms with van der Waals surface area (Å²) in [5.41, 5.74) is 0. The average Bonchev–Trinajstić information content (AvgIpc) is 2.65. The van der Waals surface area contributed by atoms with Crippen LogP contribution in [0.4, 0.5) is 0 Å². The van der Waals surface area contributed by atoms with Gasteiger partial charge in [-0.15, -0.1) is 0 Å². The van der Waals surface area contributed by atoms with Crippen molar-refractivity contribution in [2.75, 3.05) is 33.2 Å². The van der Waals surface area contributed by atoms with Crippen LogP contribution in [0.3, 0.4) is 0 Å². The fourth-order valence-corrected chi connectivity index (χ4v) is 3.52. The first-order chi connectivity index (χ1) is 13.3. The van der Waals surface area contributed by atoms with Crippen molar-refractivity contribution in [1.29, 1.82) is 0 Å². The van der Waals surface area contributed by atoms with Gasteiger partial charge >= 0.3 is 0 Å². The zero-order chi connectivity index (χ0) is 18.9. The maximum Gasteiger partial charge on any atom is 0.223 e. The van der Waals surface area contributed by atoms with E-state index in [1.165, 1.54) is 6.42 Å². The third-order valence-corrected chi connectivity index (χ3v) is 5.41. The number of amides is 1. The van der Waals surface area contributed by atoms with Crippen molar-refractivity contribution in [3.05, 3.63) is 30.3 Å². The molecule has 148 valence electrons. The predicted molar refractivity (Wildman–Crippen MR) is 108 cm³/mol. The van der Waals surface area contributed by atoms with Gasteiger partial charge in [-0.3, -0.25) is 9.79 Å². The monoisotopic (exact) mass is 372 g/mol. The van der Waals surface area contributed by atoms with Gasteiger partial charge in [0.15, 0.2) is 5.96 Å². The van der Waals surface area contributed by atoms with E-state index in [4.69, 9.17) is 4.74 Å². The normalized spacial score (nSPS) is 18.7. The standard InChI is InChI=1S/C21H32N4O2/c1-22-21(24-14-6-13-23-20(26)17-7-5-8-17)25-15-11-19(12-16-25)27-18-9-3-2-4-10-18/h2-4,9-10,17,19H,5-8,11-16H2,1H3,(H,22,24)(H,23,26). The van der Waals surface area contributed by atoms with E-state index in [-0.39, 0.29) is 17.9 Å². The summed E-state index contributed by atoms with van der Waals surface area (Å²) in [6.07, 6.45) is 6.47. The van der Waals surface area contributed by atoms with E-state index in [1.807, 2.05) is 37.4 Å². The van der Waals surface area contributed by atoms with Crippen LogP contribution in [0.1, 0.15) is 38.5 Å². The van der Waals surface area contributed by atoms with E-state index in [2.05, 4.69) is 20.5 Å². The van der Waals surface area contributed by atoms with E-state index in [0.717, 1.165) is 70.0 Å². The summed E-state index contributed by atoms with van der Waals surface area (Å²) < 4.78 is 6.06. The fraction of sp³-hybridized carbons (Fsp3) is 0.619. The smallest absolute Gasteiger partial charge is 0.223 e. The summed E-state index contributed by atoms with van der Waals surface area (Å²) in [4.78, 5) is 18.5. The van der Waals surface area contributed by atoms with Gasteiger partial charge in [-0.25, -0.2) is 0 Å². The number of hydrogen-bond donors (Lipinski definition) is 2. The number of nitrogens with one attached hydrogen (secondary N) is 2. The zero-order valence-electron chi connectivity index (χ0n) is 16.3. The fourth-order valence-electron chi connectivity index (χ4n) is 3.52. The minimum absolute atomic E-state index is 0.228. The number of nitrogens with zero attached hydrogens (tertiary/aromatic N) is 2. The van der Waals surface area contributed by atoms with Gasteiger partial charge in [0, 0.05) is 52.0 Å². The van der Waals surface area contributed by atoms with Crippen molar-refractivity contribution >= 4 is 11.9 Å². The number of piperidine rings is 1. The van der Waals surface area contributed by atoms with Crippen LogP contribution in [0, 0.1) is 5.92 Å². The van der Waals surface area contributed by atoms with E-state index < -0.39 is 0 Å². The Morgan fingerprint density at radius 1 is 1.11 bits per heavy atom. The molecular weight excluding hydrogens is 340 g/mol. The molecule has 2 fully saturated rings. The van der Waals surface area contributed by atoms with Crippen molar-refractivity contribution in [3.63, 3.8) is 0 Å². The van der Waals surface area contributed by atoms with Crippen LogP contribution < -0.4 is 15.4 Å². The second-order valence-corrected chi connectivity index (χ2v) is 7.36. The molecule has 6 heteroatoms. The second kappa shape index (κ2) is 10.2. The molecular formula is C21H32N4O2. The number of likely N-dealkylation sites (tertiary alicyclic amines) is 1. The number of carbonyl (C=O) groups excluding carboxylic acids is 1. The van der Waals surface area contributed by atoms with E-state index >= 15 is 0 Å². The van der Waals surface area contributed by atoms with Gasteiger partial charge in [0.1, 0.15) is 11.9 Å². The molecule has 1 aromatic rings. The Hall–Kier alpha value is -2.24. The lowest BCUT2D eigenvalue weighted by Crippen LogP contribution is -2.48. The van der Waals surface area contributed by atoms with Gasteiger partial charge in [-0.2, -0.15) is 0 Å². The zero-order valence-corrected chi connectivity index (χ0v) is 16.3. The quantitative estimate of drug-likeness (QED) is 0.438. The van der Waals surface area contributed by atoms with Gasteiger partial charge in [0.2, 0.25) is 5.91 Å². The van der Waals surface area contributed by atoms with Crippen LogP contribution in [0.15, 0.2) is 35.3 Å². The third kappa shape index (κ3) is 5.88. The van der Waals surface area contributed by atoms with Crippen molar-refractivity contribution < 1.29 is 9.53 Å². The molecule has 0 atom stereocenters. The summed E-state index contributed by atoms with van der Waals surface area (Å²) in [5, 5.41) is 6.45. The largest absolute Gasteiger partial charge is 0.490 e. The molecule has 2 aliphatic rings. The second-order valence-electron chi connectivity index (χ2n) is 7.36. The predicted octanol–water partition coefficient (Wildman–Crippen LogP) is 2.41. The summed E-state index contributed by atoms with van der Waals surface area (Å²) in [7, 11) is 1.83. The first-order valence-electron chi connectivity index (χ1n) is 10.2. The van der Waals surface area contributed by atoms with Gasteiger partial charge in [0.05, 0.1) is 0 Å². The summed E-state index contributed by atoms with van der Waals surface area (Å²) in [6, 6.07) is 10.0. The number of hydrogen-bond acceptors (Lipinski definition) is 3. The lowest BCUT2D eigenvalue weighted by atomic mass is 9.85. The first-order valence-corrected chi connectivity index (χ1v) is 10.2. The van der Waals surface area contributed by atoms with Crippen LogP contribution in [0.2, 0.25) is 0 Å². The van der Waals surface area contributed by atoms with Crippen molar-refractivity contribution in [2.24, 2.45) is 10.9 Å². The molecule has 1 heterocycles. The molecule has 1 amide bonds. The highest BCUT2D eigenvalue weighted by molar-refractivity contribution is 5.80. The molecule has 6 nitrogen and oxygen atoms in total. The number of rotatable bonds is 7. The molecule has 1 aliphatic carbocycles.